The van der Waals surface area contributed by atoms with Gasteiger partial charge in [0.05, 0.1) is 10.7 Å². The van der Waals surface area contributed by atoms with Crippen molar-refractivity contribution in [2.45, 2.75) is 47.2 Å². The molecule has 0 amide bonds. The summed E-state index contributed by atoms with van der Waals surface area (Å²) in [7, 11) is 1.99. The number of hydrogen-bond donors (Lipinski definition) is 1. The molecule has 2 rings (SSSR count). The van der Waals surface area contributed by atoms with Gasteiger partial charge in [-0.1, -0.05) is 39.3 Å². The average molecular weight is 290 g/mol. The molecule has 2 heterocycles. The Labute approximate surface area is 120 Å². The maximum absolute atomic E-state index is 10.8. The fourth-order valence-electron chi connectivity index (χ4n) is 1.77. The van der Waals surface area contributed by atoms with Crippen molar-refractivity contribution < 1.29 is 9.90 Å². The summed E-state index contributed by atoms with van der Waals surface area (Å²) >= 11 is 5.98. The number of aryl methyl sites for hydroxylation is 1. The van der Waals surface area contributed by atoms with Gasteiger partial charge in [-0.05, 0) is 13.5 Å². The van der Waals surface area contributed by atoms with Crippen molar-refractivity contribution in [3.05, 3.63) is 16.4 Å². The lowest BCUT2D eigenvalue weighted by Crippen LogP contribution is -2.17. The molecule has 1 aliphatic heterocycles. The van der Waals surface area contributed by atoms with Crippen molar-refractivity contribution in [2.24, 2.45) is 0 Å². The highest BCUT2D eigenvalue weighted by Gasteiger charge is 2.23. The van der Waals surface area contributed by atoms with E-state index in [9.17, 15) is 4.79 Å². The maximum atomic E-state index is 10.8. The van der Waals surface area contributed by atoms with Crippen molar-refractivity contribution in [3.8, 4) is 0 Å². The van der Waals surface area contributed by atoms with Crippen LogP contribution in [-0.4, -0.2) is 39.3 Å². The van der Waals surface area contributed by atoms with Crippen LogP contribution >= 0.6 is 11.6 Å². The highest BCUT2D eigenvalue weighted by molar-refractivity contribution is 6.33. The second-order valence-electron chi connectivity index (χ2n) is 3.73. The first-order valence-electron chi connectivity index (χ1n) is 6.76. The summed E-state index contributed by atoms with van der Waals surface area (Å²) in [6, 6.07) is 0. The van der Waals surface area contributed by atoms with Gasteiger partial charge in [-0.15, -0.1) is 0 Å². The molecule has 0 saturated heterocycles. The minimum Gasteiger partial charge on any atom is -0.476 e. The largest absolute Gasteiger partial charge is 0.476 e. The molecule has 0 radical (unpaired) electrons. The van der Waals surface area contributed by atoms with Crippen molar-refractivity contribution in [3.63, 3.8) is 0 Å². The highest BCUT2D eigenvalue weighted by atomic mass is 35.5. The Morgan fingerprint density at radius 3 is 2.37 bits per heavy atom. The predicted octanol–water partition coefficient (Wildman–Crippen LogP) is 3.12. The molecule has 0 aromatic carbocycles. The van der Waals surface area contributed by atoms with Gasteiger partial charge in [0.2, 0.25) is 0 Å². The van der Waals surface area contributed by atoms with Crippen LogP contribution in [0.2, 0.25) is 5.02 Å². The Balaban J connectivity index is 0.000000741. The number of rotatable bonds is 1. The topological polar surface area (TPSA) is 58.4 Å². The normalized spacial score (nSPS) is 14.2. The van der Waals surface area contributed by atoms with Gasteiger partial charge < -0.3 is 10.0 Å². The van der Waals surface area contributed by atoms with E-state index in [1.807, 2.05) is 34.7 Å². The SMILES string of the molecule is CC.CC.CN1CCCn2nc(C(=O)O)c(Cl)c2C1. The van der Waals surface area contributed by atoms with Crippen LogP contribution in [0.15, 0.2) is 0 Å². The summed E-state index contributed by atoms with van der Waals surface area (Å²) in [5.74, 6) is -1.07. The standard InChI is InChI=1S/C9H12ClN3O2.2C2H6/c1-12-3-2-4-13-6(5-12)7(10)8(11-13)9(14)15;2*1-2/h2-5H2,1H3,(H,14,15);2*1-2H3. The van der Waals surface area contributed by atoms with E-state index < -0.39 is 5.97 Å². The van der Waals surface area contributed by atoms with Crippen LogP contribution in [0.5, 0.6) is 0 Å². The number of fused-ring (bicyclic) bond motifs is 1. The number of carbonyl (C=O) groups is 1. The lowest BCUT2D eigenvalue weighted by Gasteiger charge is -2.11. The summed E-state index contributed by atoms with van der Waals surface area (Å²) in [4.78, 5) is 12.9. The quantitative estimate of drug-likeness (QED) is 0.863. The molecule has 1 N–H and O–H groups in total. The average Bonchev–Trinajstić information content (AvgIpc) is 2.62. The summed E-state index contributed by atoms with van der Waals surface area (Å²) in [6.07, 6.45) is 0.959. The summed E-state index contributed by atoms with van der Waals surface area (Å²) in [6.45, 7) is 10.4. The molecule has 1 aromatic heterocycles. The van der Waals surface area contributed by atoms with Crippen molar-refractivity contribution in [1.82, 2.24) is 14.7 Å². The van der Waals surface area contributed by atoms with Gasteiger partial charge in [0, 0.05) is 19.6 Å². The van der Waals surface area contributed by atoms with Gasteiger partial charge in [-0.3, -0.25) is 4.68 Å². The van der Waals surface area contributed by atoms with E-state index in [0.717, 1.165) is 25.2 Å². The van der Waals surface area contributed by atoms with E-state index in [2.05, 4.69) is 10.00 Å². The highest BCUT2D eigenvalue weighted by Crippen LogP contribution is 2.24. The molecule has 1 aromatic rings. The molecule has 110 valence electrons. The van der Waals surface area contributed by atoms with Gasteiger partial charge in [0.25, 0.3) is 0 Å². The number of carboxylic acids is 1. The Morgan fingerprint density at radius 2 is 1.84 bits per heavy atom. The first-order valence-corrected chi connectivity index (χ1v) is 7.14. The molecule has 1 aliphatic rings. The van der Waals surface area contributed by atoms with E-state index in [1.54, 1.807) is 4.68 Å². The van der Waals surface area contributed by atoms with E-state index in [0.29, 0.717) is 6.54 Å². The first-order chi connectivity index (χ1) is 9.09. The third-order valence-electron chi connectivity index (χ3n) is 2.53. The van der Waals surface area contributed by atoms with Crippen LogP contribution in [0.4, 0.5) is 0 Å². The van der Waals surface area contributed by atoms with E-state index >= 15 is 0 Å². The number of nitrogens with zero attached hydrogens (tertiary/aromatic N) is 3. The Morgan fingerprint density at radius 1 is 1.26 bits per heavy atom. The molecule has 0 spiro atoms. The molecule has 0 atom stereocenters. The van der Waals surface area contributed by atoms with Crippen LogP contribution in [0.25, 0.3) is 0 Å². The Kier molecular flexibility index (Phi) is 8.43. The molecule has 0 aliphatic carbocycles. The van der Waals surface area contributed by atoms with Crippen LogP contribution in [0, 0.1) is 0 Å². The predicted molar refractivity (Wildman–Crippen MR) is 77.8 cm³/mol. The fourth-order valence-corrected chi connectivity index (χ4v) is 2.05. The minimum atomic E-state index is -1.07. The second kappa shape index (κ2) is 8.93. The van der Waals surface area contributed by atoms with Crippen LogP contribution < -0.4 is 0 Å². The van der Waals surface area contributed by atoms with E-state index in [1.165, 1.54) is 0 Å². The van der Waals surface area contributed by atoms with Gasteiger partial charge in [-0.2, -0.15) is 5.10 Å². The van der Waals surface area contributed by atoms with Crippen LogP contribution in [0.3, 0.4) is 0 Å². The fraction of sp³-hybridized carbons (Fsp3) is 0.692. The Bertz CT molecular complexity index is 405. The Hall–Kier alpha value is -1.07. The molecule has 0 fully saturated rings. The molecule has 0 saturated carbocycles. The molecule has 19 heavy (non-hydrogen) atoms. The zero-order chi connectivity index (χ0) is 15.0. The second-order valence-corrected chi connectivity index (χ2v) is 4.11. The zero-order valence-corrected chi connectivity index (χ0v) is 13.2. The lowest BCUT2D eigenvalue weighted by molar-refractivity contribution is 0.0689. The molecular weight excluding hydrogens is 266 g/mol. The monoisotopic (exact) mass is 289 g/mol. The summed E-state index contributed by atoms with van der Waals surface area (Å²) < 4.78 is 1.70. The van der Waals surface area contributed by atoms with Crippen molar-refractivity contribution >= 4 is 17.6 Å². The molecule has 0 unspecified atom stereocenters. The van der Waals surface area contributed by atoms with E-state index in [-0.39, 0.29) is 10.7 Å². The molecular formula is C13H24ClN3O2. The van der Waals surface area contributed by atoms with Crippen LogP contribution in [0.1, 0.15) is 50.3 Å². The molecule has 6 heteroatoms. The minimum absolute atomic E-state index is 0.0398. The number of aromatic carboxylic acids is 1. The lowest BCUT2D eigenvalue weighted by atomic mass is 10.3. The first kappa shape index (κ1) is 17.9. The van der Waals surface area contributed by atoms with Crippen LogP contribution in [-0.2, 0) is 13.1 Å². The smallest absolute Gasteiger partial charge is 0.357 e. The molecule has 0 bridgehead atoms. The van der Waals surface area contributed by atoms with Gasteiger partial charge in [0.15, 0.2) is 5.69 Å². The summed E-state index contributed by atoms with van der Waals surface area (Å²) in [5.41, 5.74) is 0.760. The number of halogens is 1. The van der Waals surface area contributed by atoms with Gasteiger partial charge in [0.1, 0.15) is 0 Å². The van der Waals surface area contributed by atoms with Gasteiger partial charge >= 0.3 is 5.97 Å². The maximum Gasteiger partial charge on any atom is 0.357 e. The number of hydrogen-bond acceptors (Lipinski definition) is 3. The van der Waals surface area contributed by atoms with Crippen molar-refractivity contribution in [1.29, 1.82) is 0 Å². The number of carboxylic acid groups (broad SMARTS) is 1. The third-order valence-corrected chi connectivity index (χ3v) is 2.92. The zero-order valence-electron chi connectivity index (χ0n) is 12.4. The van der Waals surface area contributed by atoms with Crippen molar-refractivity contribution in [2.75, 3.05) is 13.6 Å². The van der Waals surface area contributed by atoms with Gasteiger partial charge in [-0.25, -0.2) is 4.79 Å². The molecule has 5 nitrogen and oxygen atoms in total. The summed E-state index contributed by atoms with van der Waals surface area (Å²) in [5, 5.41) is 13.2. The number of aromatic nitrogens is 2. The van der Waals surface area contributed by atoms with E-state index in [4.69, 9.17) is 16.7 Å². The third kappa shape index (κ3) is 4.51.